The number of nitrogens with zero attached hydrogens (tertiary/aromatic N) is 2. The maximum absolute atomic E-state index is 14.8. The van der Waals surface area contributed by atoms with Gasteiger partial charge in [0.1, 0.15) is 30.4 Å². The molecule has 350 valence electrons. The maximum Gasteiger partial charge on any atom is 0.239 e. The van der Waals surface area contributed by atoms with Crippen molar-refractivity contribution in [1.82, 2.24) is 4.90 Å². The number of carbonyl (C=O) groups excluding carboxylic acids is 1. The molecule has 1 aliphatic heterocycles. The molecule has 3 aliphatic rings. The Labute approximate surface area is 377 Å². The summed E-state index contributed by atoms with van der Waals surface area (Å²) in [6.07, 6.45) is 19.9. The summed E-state index contributed by atoms with van der Waals surface area (Å²) in [6, 6.07) is 11.5. The van der Waals surface area contributed by atoms with Crippen molar-refractivity contribution in [3.8, 4) is 17.2 Å². The van der Waals surface area contributed by atoms with Gasteiger partial charge in [0.05, 0.1) is 38.1 Å². The molecule has 1 fully saturated rings. The Morgan fingerprint density at radius 3 is 2.25 bits per heavy atom. The fraction of sp³-hybridized carbons (Fsp3) is 0.654. The summed E-state index contributed by atoms with van der Waals surface area (Å²) in [5.41, 5.74) is 5.08. The predicted octanol–water partition coefficient (Wildman–Crippen LogP) is 10.1. The Bertz CT molecular complexity index is 1780. The molecule has 2 aromatic carbocycles. The molecule has 1 saturated carbocycles. The van der Waals surface area contributed by atoms with Crippen molar-refractivity contribution in [1.29, 1.82) is 0 Å². The van der Waals surface area contributed by atoms with Gasteiger partial charge in [-0.3, -0.25) is 4.79 Å². The zero-order valence-corrected chi connectivity index (χ0v) is 38.9. The number of fused-ring (bicyclic) bond motifs is 2. The third-order valence-electron chi connectivity index (χ3n) is 13.5. The number of ether oxygens (including phenoxy) is 4. The van der Waals surface area contributed by atoms with Gasteiger partial charge in [0.15, 0.2) is 0 Å². The van der Waals surface area contributed by atoms with Crippen molar-refractivity contribution in [2.45, 2.75) is 148 Å². The summed E-state index contributed by atoms with van der Waals surface area (Å²) in [4.78, 5) is 22.3. The first-order valence-electron chi connectivity index (χ1n) is 24.1. The van der Waals surface area contributed by atoms with Crippen molar-refractivity contribution in [3.63, 3.8) is 0 Å². The minimum atomic E-state index is -1.35. The first-order valence-corrected chi connectivity index (χ1v) is 24.1. The van der Waals surface area contributed by atoms with Gasteiger partial charge < -0.3 is 44.0 Å². The van der Waals surface area contributed by atoms with Crippen LogP contribution >= 0.6 is 0 Å². The highest BCUT2D eigenvalue weighted by Gasteiger charge is 2.65. The first kappa shape index (κ1) is 50.3. The Morgan fingerprint density at radius 2 is 1.57 bits per heavy atom. The Hall–Kier alpha value is -3.74. The Kier molecular flexibility index (Phi) is 21.0. The molecule has 1 heterocycles. The lowest BCUT2D eigenvalue weighted by Gasteiger charge is -2.60. The number of rotatable bonds is 30. The van der Waals surface area contributed by atoms with Crippen LogP contribution in [0.25, 0.3) is 0 Å². The van der Waals surface area contributed by atoms with Crippen LogP contribution in [0.5, 0.6) is 17.2 Å². The van der Waals surface area contributed by atoms with Gasteiger partial charge in [0, 0.05) is 44.1 Å². The van der Waals surface area contributed by atoms with E-state index in [1.54, 1.807) is 13.2 Å². The van der Waals surface area contributed by atoms with Crippen LogP contribution in [0, 0.1) is 31.6 Å². The number of unbranched alkanes of at least 4 members (excludes halogenated alkanes) is 10. The number of aryl methyl sites for hydroxylation is 2. The molecule has 0 aromatic heterocycles. The SMILES string of the molecule is C=CCOC12Oc3ccc(Oc4ccc(C)c(C)c4)cc3C3C(CCCCO)C(CCCCO)C=C(C(=NOC)CC1N(CCOCCO)C(=O)CCCCCCCCCCC)C32. The lowest BCUT2D eigenvalue weighted by Crippen LogP contribution is -2.70. The zero-order valence-electron chi connectivity index (χ0n) is 38.9. The summed E-state index contributed by atoms with van der Waals surface area (Å²) < 4.78 is 26.9. The van der Waals surface area contributed by atoms with Crippen molar-refractivity contribution in [2.75, 3.05) is 53.3 Å². The van der Waals surface area contributed by atoms with E-state index in [4.69, 9.17) is 28.9 Å². The molecule has 63 heavy (non-hydrogen) atoms. The van der Waals surface area contributed by atoms with E-state index in [1.807, 2.05) is 23.1 Å². The molecule has 0 bridgehead atoms. The monoisotopic (exact) mass is 875 g/mol. The standard InChI is InChI=1S/C52H78N2O9/c1-6-8-9-10-11-12-13-14-15-22-49(58)54(27-32-60-33-30-57)48-37-46(53-59-5)44-35-40(20-16-18-28-55)43(21-17-19-29-56)50-45-36-42(62-41-24-23-38(3)39(4)34-41)25-26-47(45)63-52(48,51(44)50)61-31-7-2/h7,23-26,34-36,40,43,48,50-51,55-57H,2,6,8-22,27-33,37H2,1,3-5H3. The second kappa shape index (κ2) is 26.3. The summed E-state index contributed by atoms with van der Waals surface area (Å²) >= 11 is 0. The van der Waals surface area contributed by atoms with Crippen LogP contribution in [-0.2, 0) is 19.1 Å². The Balaban J connectivity index is 1.63. The van der Waals surface area contributed by atoms with Crippen molar-refractivity contribution < 1.29 is 43.9 Å². The molecule has 3 N–H and O–H groups in total. The normalized spacial score (nSPS) is 23.1. The highest BCUT2D eigenvalue weighted by atomic mass is 16.7. The van der Waals surface area contributed by atoms with Gasteiger partial charge >= 0.3 is 0 Å². The van der Waals surface area contributed by atoms with E-state index < -0.39 is 17.7 Å². The number of hydrogen-bond acceptors (Lipinski definition) is 10. The predicted molar refractivity (Wildman–Crippen MR) is 249 cm³/mol. The lowest BCUT2D eigenvalue weighted by molar-refractivity contribution is -0.258. The molecule has 11 heteroatoms. The lowest BCUT2D eigenvalue weighted by atomic mass is 9.55. The fourth-order valence-corrected chi connectivity index (χ4v) is 10.2. The van der Waals surface area contributed by atoms with E-state index >= 15 is 0 Å². The molecule has 6 atom stereocenters. The second-order valence-corrected chi connectivity index (χ2v) is 17.8. The molecule has 5 rings (SSSR count). The zero-order chi connectivity index (χ0) is 45.0. The molecule has 11 nitrogen and oxygen atoms in total. The van der Waals surface area contributed by atoms with E-state index in [2.05, 4.69) is 51.6 Å². The van der Waals surface area contributed by atoms with Gasteiger partial charge in [-0.1, -0.05) is 94.5 Å². The minimum Gasteiger partial charge on any atom is -0.459 e. The number of aliphatic hydroxyl groups excluding tert-OH is 3. The van der Waals surface area contributed by atoms with Crippen LogP contribution in [-0.4, -0.2) is 97.0 Å². The van der Waals surface area contributed by atoms with Crippen LogP contribution in [0.2, 0.25) is 0 Å². The van der Waals surface area contributed by atoms with Gasteiger partial charge in [-0.15, -0.1) is 6.58 Å². The molecule has 0 spiro atoms. The highest BCUT2D eigenvalue weighted by Crippen LogP contribution is 2.62. The smallest absolute Gasteiger partial charge is 0.239 e. The molecular weight excluding hydrogens is 797 g/mol. The topological polar surface area (TPSA) is 140 Å². The largest absolute Gasteiger partial charge is 0.459 e. The number of hydrogen-bond donors (Lipinski definition) is 3. The average molecular weight is 875 g/mol. The van der Waals surface area contributed by atoms with E-state index in [0.717, 1.165) is 73.1 Å². The molecule has 0 saturated heterocycles. The third kappa shape index (κ3) is 13.2. The van der Waals surface area contributed by atoms with Crippen LogP contribution in [0.1, 0.15) is 139 Å². The van der Waals surface area contributed by atoms with Gasteiger partial charge in [-0.05, 0) is 105 Å². The quantitative estimate of drug-likeness (QED) is 0.0398. The van der Waals surface area contributed by atoms with Gasteiger partial charge in [-0.25, -0.2) is 0 Å². The molecule has 2 aliphatic carbocycles. The van der Waals surface area contributed by atoms with Gasteiger partial charge in [-0.2, -0.15) is 0 Å². The van der Waals surface area contributed by atoms with Crippen LogP contribution in [0.4, 0.5) is 0 Å². The average Bonchev–Trinajstić information content (AvgIpc) is 3.28. The van der Waals surface area contributed by atoms with Crippen LogP contribution in [0.3, 0.4) is 0 Å². The number of benzene rings is 2. The molecule has 0 radical (unpaired) electrons. The number of allylic oxidation sites excluding steroid dienone is 1. The molecule has 6 unspecified atom stereocenters. The molecule has 1 amide bonds. The van der Waals surface area contributed by atoms with E-state index in [-0.39, 0.29) is 69.8 Å². The molecular formula is C52H78N2O9. The number of oxime groups is 1. The highest BCUT2D eigenvalue weighted by molar-refractivity contribution is 6.03. The first-order chi connectivity index (χ1) is 30.8. The van der Waals surface area contributed by atoms with Crippen LogP contribution in [0.15, 0.2) is 65.9 Å². The summed E-state index contributed by atoms with van der Waals surface area (Å²) in [7, 11) is 1.56. The summed E-state index contributed by atoms with van der Waals surface area (Å²) in [5.74, 6) is 0.410. The minimum absolute atomic E-state index is 0.00147. The maximum atomic E-state index is 14.8. The Morgan fingerprint density at radius 1 is 0.873 bits per heavy atom. The van der Waals surface area contributed by atoms with Gasteiger partial charge in [0.25, 0.3) is 0 Å². The van der Waals surface area contributed by atoms with E-state index in [0.29, 0.717) is 37.2 Å². The number of aliphatic hydroxyl groups is 3. The van der Waals surface area contributed by atoms with Crippen molar-refractivity contribution in [3.05, 3.63) is 77.4 Å². The number of carbonyl (C=O) groups is 1. The van der Waals surface area contributed by atoms with E-state index in [1.165, 1.54) is 44.1 Å². The third-order valence-corrected chi connectivity index (χ3v) is 13.5. The van der Waals surface area contributed by atoms with Crippen molar-refractivity contribution in [2.24, 2.45) is 22.9 Å². The summed E-state index contributed by atoms with van der Waals surface area (Å²) in [5, 5.41) is 34.2. The van der Waals surface area contributed by atoms with Crippen molar-refractivity contribution >= 4 is 11.6 Å². The van der Waals surface area contributed by atoms with E-state index in [9.17, 15) is 20.1 Å². The fourth-order valence-electron chi connectivity index (χ4n) is 10.2. The van der Waals surface area contributed by atoms with Crippen LogP contribution < -0.4 is 9.47 Å². The van der Waals surface area contributed by atoms with Gasteiger partial charge in [0.2, 0.25) is 11.7 Å². The summed E-state index contributed by atoms with van der Waals surface area (Å²) in [6.45, 7) is 11.5. The second-order valence-electron chi connectivity index (χ2n) is 17.8. The number of amides is 1. The molecule has 2 aromatic rings.